The van der Waals surface area contributed by atoms with Crippen LogP contribution in [-0.4, -0.2) is 35.5 Å². The van der Waals surface area contributed by atoms with Crippen LogP contribution in [0.1, 0.15) is 35.7 Å². The van der Waals surface area contributed by atoms with E-state index in [1.165, 1.54) is 18.6 Å². The van der Waals surface area contributed by atoms with Gasteiger partial charge in [-0.25, -0.2) is 19.5 Å². The molecule has 3 heterocycles. The maximum Gasteiger partial charge on any atom is 0.275 e. The molecule has 1 amide bonds. The Labute approximate surface area is 161 Å². The molecule has 0 fully saturated rings. The van der Waals surface area contributed by atoms with E-state index in [4.69, 9.17) is 0 Å². The van der Waals surface area contributed by atoms with Gasteiger partial charge >= 0.3 is 0 Å². The summed E-state index contributed by atoms with van der Waals surface area (Å²) in [5.74, 6) is 0.283. The number of carbonyl (C=O) groups excluding carboxylic acids is 1. The Balaban J connectivity index is 1.57. The summed E-state index contributed by atoms with van der Waals surface area (Å²) in [6.45, 7) is 4.14. The predicted molar refractivity (Wildman–Crippen MR) is 105 cm³/mol. The first-order valence-electron chi connectivity index (χ1n) is 9.11. The number of rotatable bonds is 5. The molecular weight excluding hydrogens is 354 g/mol. The molecule has 0 spiro atoms. The maximum atomic E-state index is 12.2. The average Bonchev–Trinajstić information content (AvgIpc) is 3.16. The first kappa shape index (κ1) is 17.7. The van der Waals surface area contributed by atoms with E-state index in [1.54, 1.807) is 4.52 Å². The summed E-state index contributed by atoms with van der Waals surface area (Å²) in [4.78, 5) is 29.3. The molecule has 0 saturated heterocycles. The van der Waals surface area contributed by atoms with Crippen molar-refractivity contribution < 1.29 is 4.79 Å². The lowest BCUT2D eigenvalue weighted by molar-refractivity contribution is 0.102. The number of anilines is 1. The second-order valence-corrected chi connectivity index (χ2v) is 6.21. The quantitative estimate of drug-likeness (QED) is 0.577. The lowest BCUT2D eigenvalue weighted by atomic mass is 10.1. The molecule has 0 aliphatic rings. The minimum Gasteiger partial charge on any atom is -0.321 e. The van der Waals surface area contributed by atoms with Crippen LogP contribution in [-0.2, 0) is 12.8 Å². The number of benzene rings is 1. The normalized spacial score (nSPS) is 10.9. The van der Waals surface area contributed by atoms with Crippen molar-refractivity contribution in [3.05, 3.63) is 66.1 Å². The number of hydrogen-bond acceptors (Lipinski definition) is 6. The number of nitrogens with zero attached hydrogens (tertiary/aromatic N) is 6. The Kier molecular flexibility index (Phi) is 4.76. The fraction of sp³-hybridized carbons (Fsp3) is 0.200. The van der Waals surface area contributed by atoms with Gasteiger partial charge in [-0.3, -0.25) is 9.78 Å². The van der Waals surface area contributed by atoms with Gasteiger partial charge < -0.3 is 5.32 Å². The summed E-state index contributed by atoms with van der Waals surface area (Å²) in [6, 6.07) is 7.44. The Morgan fingerprint density at radius 3 is 2.50 bits per heavy atom. The van der Waals surface area contributed by atoms with Gasteiger partial charge in [0.1, 0.15) is 5.69 Å². The Hall–Kier alpha value is -3.68. The molecular formula is C20H19N7O. The van der Waals surface area contributed by atoms with E-state index in [-0.39, 0.29) is 11.6 Å². The molecule has 0 aliphatic heterocycles. The van der Waals surface area contributed by atoms with Gasteiger partial charge in [-0.05, 0) is 25.0 Å². The van der Waals surface area contributed by atoms with Crippen molar-refractivity contribution in [3.8, 4) is 11.3 Å². The van der Waals surface area contributed by atoms with Crippen LogP contribution in [0.25, 0.3) is 17.0 Å². The zero-order chi connectivity index (χ0) is 19.5. The third kappa shape index (κ3) is 3.44. The highest BCUT2D eigenvalue weighted by Crippen LogP contribution is 2.21. The van der Waals surface area contributed by atoms with E-state index in [0.29, 0.717) is 11.5 Å². The van der Waals surface area contributed by atoms with Crippen molar-refractivity contribution in [2.45, 2.75) is 26.7 Å². The molecule has 3 aromatic heterocycles. The molecule has 8 nitrogen and oxygen atoms in total. The molecule has 28 heavy (non-hydrogen) atoms. The first-order chi connectivity index (χ1) is 13.7. The van der Waals surface area contributed by atoms with Crippen molar-refractivity contribution in [1.82, 2.24) is 29.5 Å². The van der Waals surface area contributed by atoms with Crippen LogP contribution in [0.2, 0.25) is 0 Å². The first-order valence-corrected chi connectivity index (χ1v) is 9.11. The van der Waals surface area contributed by atoms with Gasteiger partial charge in [0.05, 0.1) is 29.5 Å². The molecule has 140 valence electrons. The second kappa shape index (κ2) is 7.51. The van der Waals surface area contributed by atoms with Crippen molar-refractivity contribution in [2.24, 2.45) is 0 Å². The van der Waals surface area contributed by atoms with Crippen LogP contribution >= 0.6 is 0 Å². The standard InChI is InChI=1S/C20H19N7O/c1-3-15-16(4-2)26-27-12-18(25-20(27)24-15)13-5-7-14(8-6-13)23-19(28)17-11-21-9-10-22-17/h5-12H,3-4H2,1-2H3,(H,23,28). The van der Waals surface area contributed by atoms with Crippen molar-refractivity contribution in [3.63, 3.8) is 0 Å². The number of imidazole rings is 1. The van der Waals surface area contributed by atoms with Crippen molar-refractivity contribution in [1.29, 1.82) is 0 Å². The monoisotopic (exact) mass is 373 g/mol. The van der Waals surface area contributed by atoms with E-state index in [9.17, 15) is 4.79 Å². The number of nitrogens with one attached hydrogen (secondary N) is 1. The van der Waals surface area contributed by atoms with E-state index >= 15 is 0 Å². The Morgan fingerprint density at radius 1 is 1.04 bits per heavy atom. The zero-order valence-corrected chi connectivity index (χ0v) is 15.6. The SMILES string of the molecule is CCc1nc2nc(-c3ccc(NC(=O)c4cnccn4)cc3)cn2nc1CC. The largest absolute Gasteiger partial charge is 0.321 e. The van der Waals surface area contributed by atoms with Gasteiger partial charge in [0, 0.05) is 23.6 Å². The summed E-state index contributed by atoms with van der Waals surface area (Å²) < 4.78 is 1.72. The molecule has 4 rings (SSSR count). The molecule has 0 bridgehead atoms. The topological polar surface area (TPSA) is 98.0 Å². The van der Waals surface area contributed by atoms with Crippen LogP contribution in [0, 0.1) is 0 Å². The third-order valence-corrected chi connectivity index (χ3v) is 4.37. The molecule has 0 radical (unpaired) electrons. The van der Waals surface area contributed by atoms with Gasteiger partial charge in [-0.1, -0.05) is 26.0 Å². The summed E-state index contributed by atoms with van der Waals surface area (Å²) in [5.41, 5.74) is 4.60. The van der Waals surface area contributed by atoms with Crippen molar-refractivity contribution in [2.75, 3.05) is 5.32 Å². The molecule has 4 aromatic rings. The Morgan fingerprint density at radius 2 is 1.82 bits per heavy atom. The number of aryl methyl sites for hydroxylation is 2. The Bertz CT molecular complexity index is 1080. The highest BCUT2D eigenvalue weighted by atomic mass is 16.1. The lowest BCUT2D eigenvalue weighted by Crippen LogP contribution is -2.13. The molecule has 0 aliphatic carbocycles. The highest BCUT2D eigenvalue weighted by molar-refractivity contribution is 6.02. The molecule has 8 heteroatoms. The van der Waals surface area contributed by atoms with Crippen LogP contribution in [0.15, 0.2) is 49.1 Å². The molecule has 0 unspecified atom stereocenters. The van der Waals surface area contributed by atoms with E-state index < -0.39 is 0 Å². The number of amides is 1. The molecule has 1 aromatic carbocycles. The summed E-state index contributed by atoms with van der Waals surface area (Å²) >= 11 is 0. The van der Waals surface area contributed by atoms with Gasteiger partial charge in [0.25, 0.3) is 11.7 Å². The third-order valence-electron chi connectivity index (χ3n) is 4.37. The van der Waals surface area contributed by atoms with E-state index in [2.05, 4.69) is 44.2 Å². The second-order valence-electron chi connectivity index (χ2n) is 6.21. The van der Waals surface area contributed by atoms with Crippen molar-refractivity contribution >= 4 is 17.4 Å². The van der Waals surface area contributed by atoms with Crippen LogP contribution in [0.3, 0.4) is 0 Å². The smallest absolute Gasteiger partial charge is 0.275 e. The average molecular weight is 373 g/mol. The van der Waals surface area contributed by atoms with Crippen LogP contribution < -0.4 is 5.32 Å². The van der Waals surface area contributed by atoms with E-state index in [1.807, 2.05) is 30.5 Å². The van der Waals surface area contributed by atoms with Gasteiger partial charge in [-0.15, -0.1) is 0 Å². The number of hydrogen-bond donors (Lipinski definition) is 1. The maximum absolute atomic E-state index is 12.2. The summed E-state index contributed by atoms with van der Waals surface area (Å²) in [7, 11) is 0. The predicted octanol–water partition coefficient (Wildman–Crippen LogP) is 2.96. The fourth-order valence-electron chi connectivity index (χ4n) is 2.92. The minimum absolute atomic E-state index is 0.266. The number of fused-ring (bicyclic) bond motifs is 1. The van der Waals surface area contributed by atoms with E-state index in [0.717, 1.165) is 35.5 Å². The lowest BCUT2D eigenvalue weighted by Gasteiger charge is -2.05. The van der Waals surface area contributed by atoms with Crippen LogP contribution in [0.4, 0.5) is 5.69 Å². The van der Waals surface area contributed by atoms with Gasteiger partial charge in [-0.2, -0.15) is 5.10 Å². The number of aromatic nitrogens is 6. The molecule has 1 N–H and O–H groups in total. The van der Waals surface area contributed by atoms with Gasteiger partial charge in [0.15, 0.2) is 0 Å². The number of carbonyl (C=O) groups is 1. The summed E-state index contributed by atoms with van der Waals surface area (Å²) in [5, 5.41) is 7.42. The molecule has 0 saturated carbocycles. The summed E-state index contributed by atoms with van der Waals surface area (Å²) in [6.07, 6.45) is 7.97. The van der Waals surface area contributed by atoms with Gasteiger partial charge in [0.2, 0.25) is 0 Å². The zero-order valence-electron chi connectivity index (χ0n) is 15.6. The highest BCUT2D eigenvalue weighted by Gasteiger charge is 2.11. The van der Waals surface area contributed by atoms with Crippen LogP contribution in [0.5, 0.6) is 0 Å². The minimum atomic E-state index is -0.304. The fourth-order valence-corrected chi connectivity index (χ4v) is 2.92. The molecule has 0 atom stereocenters.